The maximum absolute atomic E-state index is 12.9. The van der Waals surface area contributed by atoms with E-state index in [4.69, 9.17) is 4.52 Å². The number of rotatable bonds is 5. The molecule has 2 atom stereocenters. The summed E-state index contributed by atoms with van der Waals surface area (Å²) >= 11 is 0. The van der Waals surface area contributed by atoms with Crippen LogP contribution < -0.4 is 5.32 Å². The number of aryl methyl sites for hydroxylation is 1. The summed E-state index contributed by atoms with van der Waals surface area (Å²) in [6.07, 6.45) is 4.64. The van der Waals surface area contributed by atoms with Crippen LogP contribution in [0.2, 0.25) is 0 Å². The van der Waals surface area contributed by atoms with E-state index in [0.29, 0.717) is 25.3 Å². The summed E-state index contributed by atoms with van der Waals surface area (Å²) in [5.41, 5.74) is 1.06. The van der Waals surface area contributed by atoms with Crippen molar-refractivity contribution in [2.45, 2.75) is 62.4 Å². The van der Waals surface area contributed by atoms with E-state index in [1.165, 1.54) is 10.5 Å². The Morgan fingerprint density at radius 3 is 2.71 bits per heavy atom. The number of pyridine rings is 1. The normalized spacial score (nSPS) is 23.5. The lowest BCUT2D eigenvalue weighted by atomic mass is 10.0. The molecular formula is C19H24N4O4S. The summed E-state index contributed by atoms with van der Waals surface area (Å²) in [5, 5.41) is 6.82. The van der Waals surface area contributed by atoms with E-state index >= 15 is 0 Å². The minimum absolute atomic E-state index is 0.105. The highest BCUT2D eigenvalue weighted by molar-refractivity contribution is 7.89. The second kappa shape index (κ2) is 7.29. The zero-order valence-corrected chi connectivity index (χ0v) is 16.8. The Morgan fingerprint density at radius 1 is 1.29 bits per heavy atom. The SMILES string of the molecule is Cc1ccc(S(=O)(=O)N2CC[C@H](NC(=O)c3cc(C4CC4)on3)C[C@H]2C)cn1. The van der Waals surface area contributed by atoms with Gasteiger partial charge in [-0.15, -0.1) is 0 Å². The topological polar surface area (TPSA) is 105 Å². The molecular weight excluding hydrogens is 380 g/mol. The maximum Gasteiger partial charge on any atom is 0.273 e. The van der Waals surface area contributed by atoms with Gasteiger partial charge in [-0.3, -0.25) is 9.78 Å². The predicted molar refractivity (Wildman–Crippen MR) is 101 cm³/mol. The maximum atomic E-state index is 12.9. The Bertz CT molecular complexity index is 966. The van der Waals surface area contributed by atoms with Crippen molar-refractivity contribution in [1.82, 2.24) is 19.8 Å². The standard InChI is InChI=1S/C19H24N4O4S/c1-12-3-6-16(11-20-12)28(25,26)23-8-7-15(9-13(23)2)21-19(24)17-10-18(27-22-17)14-4-5-14/h3,6,10-11,13-15H,4-5,7-9H2,1-2H3,(H,21,24)/t13-,15+/m1/s1. The zero-order chi connectivity index (χ0) is 19.9. The van der Waals surface area contributed by atoms with Crippen molar-refractivity contribution in [3.63, 3.8) is 0 Å². The first-order valence-corrected chi connectivity index (χ1v) is 11.0. The Morgan fingerprint density at radius 2 is 2.07 bits per heavy atom. The van der Waals surface area contributed by atoms with Gasteiger partial charge in [0, 0.05) is 42.5 Å². The van der Waals surface area contributed by atoms with Crippen LogP contribution >= 0.6 is 0 Å². The average Bonchev–Trinajstić information content (AvgIpc) is 3.38. The number of hydrogen-bond donors (Lipinski definition) is 1. The Labute approximate surface area is 164 Å². The van der Waals surface area contributed by atoms with Gasteiger partial charge in [-0.05, 0) is 51.7 Å². The molecule has 0 spiro atoms. The van der Waals surface area contributed by atoms with Gasteiger partial charge >= 0.3 is 0 Å². The summed E-state index contributed by atoms with van der Waals surface area (Å²) in [7, 11) is -3.60. The van der Waals surface area contributed by atoms with Gasteiger partial charge in [-0.2, -0.15) is 4.31 Å². The van der Waals surface area contributed by atoms with E-state index in [1.807, 2.05) is 13.8 Å². The van der Waals surface area contributed by atoms with Crippen molar-refractivity contribution in [2.75, 3.05) is 6.54 Å². The van der Waals surface area contributed by atoms with Crippen LogP contribution in [0.1, 0.15) is 60.5 Å². The predicted octanol–water partition coefficient (Wildman–Crippen LogP) is 2.23. The van der Waals surface area contributed by atoms with E-state index in [1.54, 1.807) is 18.2 Å². The highest BCUT2D eigenvalue weighted by Crippen LogP contribution is 2.40. The van der Waals surface area contributed by atoms with Crippen molar-refractivity contribution < 1.29 is 17.7 Å². The molecule has 28 heavy (non-hydrogen) atoms. The van der Waals surface area contributed by atoms with Gasteiger partial charge < -0.3 is 9.84 Å². The van der Waals surface area contributed by atoms with Gasteiger partial charge in [-0.1, -0.05) is 5.16 Å². The van der Waals surface area contributed by atoms with Crippen LogP contribution in [-0.2, 0) is 10.0 Å². The number of carbonyl (C=O) groups is 1. The monoisotopic (exact) mass is 404 g/mol. The summed E-state index contributed by atoms with van der Waals surface area (Å²) in [6, 6.07) is 4.65. The second-order valence-electron chi connectivity index (χ2n) is 7.68. The molecule has 8 nitrogen and oxygen atoms in total. The van der Waals surface area contributed by atoms with Gasteiger partial charge in [0.25, 0.3) is 5.91 Å². The first-order chi connectivity index (χ1) is 13.3. The molecule has 0 radical (unpaired) electrons. The van der Waals surface area contributed by atoms with E-state index in [9.17, 15) is 13.2 Å². The molecule has 4 rings (SSSR count). The molecule has 3 heterocycles. The minimum Gasteiger partial charge on any atom is -0.360 e. The first-order valence-electron chi connectivity index (χ1n) is 9.56. The fraction of sp³-hybridized carbons (Fsp3) is 0.526. The third-order valence-electron chi connectivity index (χ3n) is 5.38. The van der Waals surface area contributed by atoms with Gasteiger partial charge in [0.05, 0.1) is 0 Å². The molecule has 1 amide bonds. The van der Waals surface area contributed by atoms with Crippen LogP contribution in [0.15, 0.2) is 33.8 Å². The number of sulfonamides is 1. The fourth-order valence-corrected chi connectivity index (χ4v) is 5.20. The average molecular weight is 404 g/mol. The number of amides is 1. The van der Waals surface area contributed by atoms with Crippen molar-refractivity contribution in [3.8, 4) is 0 Å². The molecule has 9 heteroatoms. The highest BCUT2D eigenvalue weighted by atomic mass is 32.2. The van der Waals surface area contributed by atoms with Crippen LogP contribution in [0.5, 0.6) is 0 Å². The Hall–Kier alpha value is -2.26. The molecule has 1 saturated heterocycles. The third kappa shape index (κ3) is 3.81. The van der Waals surface area contributed by atoms with Crippen molar-refractivity contribution >= 4 is 15.9 Å². The van der Waals surface area contributed by atoms with E-state index in [0.717, 1.165) is 24.3 Å². The lowest BCUT2D eigenvalue weighted by Crippen LogP contribution is -2.50. The summed E-state index contributed by atoms with van der Waals surface area (Å²) in [5.74, 6) is 0.900. The largest absolute Gasteiger partial charge is 0.360 e. The van der Waals surface area contributed by atoms with Gasteiger partial charge in [0.2, 0.25) is 10.0 Å². The smallest absolute Gasteiger partial charge is 0.273 e. The fourth-order valence-electron chi connectivity index (χ4n) is 3.60. The third-order valence-corrected chi connectivity index (χ3v) is 7.38. The molecule has 2 fully saturated rings. The van der Waals surface area contributed by atoms with Crippen molar-refractivity contribution in [2.24, 2.45) is 0 Å². The number of nitrogens with one attached hydrogen (secondary N) is 1. The molecule has 1 aliphatic heterocycles. The molecule has 0 bridgehead atoms. The van der Waals surface area contributed by atoms with Crippen molar-refractivity contribution in [1.29, 1.82) is 0 Å². The molecule has 0 aromatic carbocycles. The van der Waals surface area contributed by atoms with Crippen LogP contribution in [-0.4, -0.2) is 47.4 Å². The lowest BCUT2D eigenvalue weighted by Gasteiger charge is -2.36. The number of carbonyl (C=O) groups excluding carboxylic acids is 1. The number of piperidine rings is 1. The van der Waals surface area contributed by atoms with Crippen LogP contribution in [0, 0.1) is 6.92 Å². The van der Waals surface area contributed by atoms with E-state index in [-0.39, 0.29) is 28.6 Å². The molecule has 150 valence electrons. The molecule has 0 unspecified atom stereocenters. The van der Waals surface area contributed by atoms with Gasteiger partial charge in [-0.25, -0.2) is 8.42 Å². The van der Waals surface area contributed by atoms with E-state index < -0.39 is 10.0 Å². The van der Waals surface area contributed by atoms with Crippen LogP contribution in [0.3, 0.4) is 0 Å². The van der Waals surface area contributed by atoms with Gasteiger partial charge in [0.1, 0.15) is 10.7 Å². The Kier molecular flexibility index (Phi) is 4.96. The number of nitrogens with zero attached hydrogens (tertiary/aromatic N) is 3. The number of aromatic nitrogens is 2. The molecule has 2 aliphatic rings. The highest BCUT2D eigenvalue weighted by Gasteiger charge is 2.36. The van der Waals surface area contributed by atoms with Crippen LogP contribution in [0.25, 0.3) is 0 Å². The molecule has 1 aliphatic carbocycles. The molecule has 2 aromatic rings. The summed E-state index contributed by atoms with van der Waals surface area (Å²) < 4.78 is 32.5. The lowest BCUT2D eigenvalue weighted by molar-refractivity contribution is 0.0905. The quantitative estimate of drug-likeness (QED) is 0.819. The minimum atomic E-state index is -3.60. The summed E-state index contributed by atoms with van der Waals surface area (Å²) in [4.78, 5) is 16.7. The Balaban J connectivity index is 1.39. The number of hydrogen-bond acceptors (Lipinski definition) is 6. The van der Waals surface area contributed by atoms with E-state index in [2.05, 4.69) is 15.5 Å². The second-order valence-corrected chi connectivity index (χ2v) is 9.57. The first kappa shape index (κ1) is 19.1. The molecule has 2 aromatic heterocycles. The summed E-state index contributed by atoms with van der Waals surface area (Å²) in [6.45, 7) is 4.02. The molecule has 1 saturated carbocycles. The van der Waals surface area contributed by atoms with Gasteiger partial charge in [0.15, 0.2) is 5.69 Å². The van der Waals surface area contributed by atoms with Crippen LogP contribution in [0.4, 0.5) is 0 Å². The zero-order valence-electron chi connectivity index (χ0n) is 16.0. The molecule has 1 N–H and O–H groups in total. The van der Waals surface area contributed by atoms with Crippen molar-refractivity contribution in [3.05, 3.63) is 41.5 Å².